The first-order valence-electron chi connectivity index (χ1n) is 5.89. The summed E-state index contributed by atoms with van der Waals surface area (Å²) in [6.45, 7) is 1.83. The second kappa shape index (κ2) is 5.81. The maximum absolute atomic E-state index is 9.01. The molecule has 20 heavy (non-hydrogen) atoms. The number of benzene rings is 1. The first-order chi connectivity index (χ1) is 9.58. The molecule has 5 heteroatoms. The minimum Gasteiger partial charge on any atom is -0.497 e. The molecule has 0 amide bonds. The highest BCUT2D eigenvalue weighted by atomic mass is 35.5. The molecule has 1 aromatic heterocycles. The molecule has 2 aromatic rings. The van der Waals surface area contributed by atoms with Crippen molar-refractivity contribution in [1.29, 1.82) is 5.26 Å². The Hall–Kier alpha value is -2.25. The van der Waals surface area contributed by atoms with Gasteiger partial charge in [-0.05, 0) is 30.7 Å². The average molecular weight is 289 g/mol. The molecule has 0 saturated heterocycles. The first kappa shape index (κ1) is 14.2. The zero-order valence-corrected chi connectivity index (χ0v) is 12.2. The molecule has 1 aromatic carbocycles. The Morgan fingerprint density at radius 1 is 1.10 bits per heavy atom. The highest BCUT2D eigenvalue weighted by Crippen LogP contribution is 2.31. The highest BCUT2D eigenvalue weighted by molar-refractivity contribution is 6.30. The van der Waals surface area contributed by atoms with E-state index in [0.29, 0.717) is 22.8 Å². The van der Waals surface area contributed by atoms with Gasteiger partial charge in [0.05, 0.1) is 25.5 Å². The normalized spacial score (nSPS) is 9.95. The van der Waals surface area contributed by atoms with E-state index in [2.05, 4.69) is 4.98 Å². The molecular formula is C15H13ClN2O2. The van der Waals surface area contributed by atoms with Crippen molar-refractivity contribution < 1.29 is 9.47 Å². The van der Waals surface area contributed by atoms with E-state index in [1.54, 1.807) is 20.3 Å². The minimum atomic E-state index is 0.198. The number of hydrogen-bond donors (Lipinski definition) is 0. The molecule has 102 valence electrons. The molecule has 0 spiro atoms. The van der Waals surface area contributed by atoms with Gasteiger partial charge < -0.3 is 9.47 Å². The number of aryl methyl sites for hydroxylation is 1. The van der Waals surface area contributed by atoms with Crippen molar-refractivity contribution in [2.75, 3.05) is 14.2 Å². The molecule has 0 unspecified atom stereocenters. The lowest BCUT2D eigenvalue weighted by atomic mass is 10.1. The van der Waals surface area contributed by atoms with Crippen LogP contribution < -0.4 is 9.47 Å². The van der Waals surface area contributed by atoms with E-state index in [4.69, 9.17) is 26.3 Å². The van der Waals surface area contributed by atoms with Gasteiger partial charge in [0.1, 0.15) is 22.7 Å². The lowest BCUT2D eigenvalue weighted by molar-refractivity contribution is 0.394. The molecule has 0 N–H and O–H groups in total. The number of nitrogens with zero attached hydrogens (tertiary/aromatic N) is 2. The maximum Gasteiger partial charge on any atom is 0.147 e. The molecule has 0 aliphatic heterocycles. The molecule has 0 aliphatic rings. The number of pyridine rings is 1. The van der Waals surface area contributed by atoms with Gasteiger partial charge in [0.2, 0.25) is 0 Å². The lowest BCUT2D eigenvalue weighted by Gasteiger charge is -2.10. The van der Waals surface area contributed by atoms with Crippen molar-refractivity contribution in [3.63, 3.8) is 0 Å². The Labute approximate surface area is 122 Å². The molecule has 4 nitrogen and oxygen atoms in total. The van der Waals surface area contributed by atoms with E-state index in [1.165, 1.54) is 0 Å². The maximum atomic E-state index is 9.01. The van der Waals surface area contributed by atoms with Gasteiger partial charge in [-0.3, -0.25) is 0 Å². The SMILES string of the molecule is COc1cc(OC)cc(-c2cc(C)c(C#N)c(Cl)n2)c1. The summed E-state index contributed by atoms with van der Waals surface area (Å²) in [5.41, 5.74) is 2.66. The lowest BCUT2D eigenvalue weighted by Crippen LogP contribution is -1.94. The van der Waals surface area contributed by atoms with Crippen LogP contribution in [0.4, 0.5) is 0 Å². The largest absolute Gasteiger partial charge is 0.497 e. The molecule has 0 bridgehead atoms. The van der Waals surface area contributed by atoms with E-state index in [9.17, 15) is 0 Å². The number of methoxy groups -OCH3 is 2. The summed E-state index contributed by atoms with van der Waals surface area (Å²) in [6, 6.07) is 9.32. The highest BCUT2D eigenvalue weighted by Gasteiger charge is 2.11. The monoisotopic (exact) mass is 288 g/mol. The second-order valence-electron chi connectivity index (χ2n) is 4.20. The van der Waals surface area contributed by atoms with Crippen LogP contribution in [0, 0.1) is 18.3 Å². The molecular weight excluding hydrogens is 276 g/mol. The second-order valence-corrected chi connectivity index (χ2v) is 4.56. The summed E-state index contributed by atoms with van der Waals surface area (Å²) >= 11 is 6.04. The average Bonchev–Trinajstić information content (AvgIpc) is 2.46. The van der Waals surface area contributed by atoms with E-state index in [-0.39, 0.29) is 5.15 Å². The number of hydrogen-bond acceptors (Lipinski definition) is 4. The summed E-state index contributed by atoms with van der Waals surface area (Å²) in [7, 11) is 3.17. The number of halogens is 1. The zero-order chi connectivity index (χ0) is 14.7. The minimum absolute atomic E-state index is 0.198. The van der Waals surface area contributed by atoms with Gasteiger partial charge in [0.15, 0.2) is 0 Å². The Balaban J connectivity index is 2.60. The molecule has 0 radical (unpaired) electrons. The van der Waals surface area contributed by atoms with Crippen molar-refractivity contribution in [2.45, 2.75) is 6.92 Å². The smallest absolute Gasteiger partial charge is 0.147 e. The van der Waals surface area contributed by atoms with Crippen molar-refractivity contribution in [3.8, 4) is 28.8 Å². The van der Waals surface area contributed by atoms with Crippen LogP contribution in [-0.2, 0) is 0 Å². The number of nitriles is 1. The van der Waals surface area contributed by atoms with Crippen LogP contribution in [0.3, 0.4) is 0 Å². The van der Waals surface area contributed by atoms with Crippen LogP contribution >= 0.6 is 11.6 Å². The Kier molecular flexibility index (Phi) is 4.11. The number of ether oxygens (including phenoxy) is 2. The quantitative estimate of drug-likeness (QED) is 0.810. The van der Waals surface area contributed by atoms with E-state index in [1.807, 2.05) is 31.2 Å². The Bertz CT molecular complexity index is 648. The summed E-state index contributed by atoms with van der Waals surface area (Å²) in [5, 5.41) is 9.21. The third-order valence-corrected chi connectivity index (χ3v) is 3.20. The predicted molar refractivity (Wildman–Crippen MR) is 77.2 cm³/mol. The van der Waals surface area contributed by atoms with Crippen molar-refractivity contribution in [2.24, 2.45) is 0 Å². The fraction of sp³-hybridized carbons (Fsp3) is 0.200. The van der Waals surface area contributed by atoms with Crippen LogP contribution in [0.25, 0.3) is 11.3 Å². The van der Waals surface area contributed by atoms with E-state index < -0.39 is 0 Å². The van der Waals surface area contributed by atoms with Gasteiger partial charge in [-0.2, -0.15) is 5.26 Å². The zero-order valence-electron chi connectivity index (χ0n) is 11.4. The fourth-order valence-electron chi connectivity index (χ4n) is 1.87. The predicted octanol–water partition coefficient (Wildman–Crippen LogP) is 3.60. The molecule has 0 saturated carbocycles. The summed E-state index contributed by atoms with van der Waals surface area (Å²) in [5.74, 6) is 1.33. The van der Waals surface area contributed by atoms with Gasteiger partial charge >= 0.3 is 0 Å². The van der Waals surface area contributed by atoms with Gasteiger partial charge in [0.25, 0.3) is 0 Å². The third-order valence-electron chi connectivity index (χ3n) is 2.93. The molecule has 1 heterocycles. The van der Waals surface area contributed by atoms with Crippen LogP contribution in [0.1, 0.15) is 11.1 Å². The Morgan fingerprint density at radius 2 is 1.70 bits per heavy atom. The molecule has 2 rings (SSSR count). The topological polar surface area (TPSA) is 55.1 Å². The summed E-state index contributed by atoms with van der Waals surface area (Å²) in [6.07, 6.45) is 0. The van der Waals surface area contributed by atoms with Gasteiger partial charge in [-0.1, -0.05) is 11.6 Å². The van der Waals surface area contributed by atoms with Gasteiger partial charge in [-0.25, -0.2) is 4.98 Å². The van der Waals surface area contributed by atoms with Crippen molar-refractivity contribution >= 4 is 11.6 Å². The van der Waals surface area contributed by atoms with E-state index >= 15 is 0 Å². The van der Waals surface area contributed by atoms with Crippen molar-refractivity contribution in [3.05, 3.63) is 40.5 Å². The number of rotatable bonds is 3. The molecule has 0 aliphatic carbocycles. The van der Waals surface area contributed by atoms with Crippen LogP contribution in [0.15, 0.2) is 24.3 Å². The number of aromatic nitrogens is 1. The fourth-order valence-corrected chi connectivity index (χ4v) is 2.15. The van der Waals surface area contributed by atoms with Crippen molar-refractivity contribution in [1.82, 2.24) is 4.98 Å². The van der Waals surface area contributed by atoms with Gasteiger partial charge in [0, 0.05) is 11.6 Å². The van der Waals surface area contributed by atoms with Crippen LogP contribution in [0.2, 0.25) is 5.15 Å². The first-order valence-corrected chi connectivity index (χ1v) is 6.27. The van der Waals surface area contributed by atoms with Gasteiger partial charge in [-0.15, -0.1) is 0 Å². The van der Waals surface area contributed by atoms with Crippen LogP contribution in [-0.4, -0.2) is 19.2 Å². The third kappa shape index (κ3) is 2.68. The summed E-state index contributed by atoms with van der Waals surface area (Å²) in [4.78, 5) is 4.26. The molecule has 0 atom stereocenters. The Morgan fingerprint density at radius 3 is 2.15 bits per heavy atom. The molecule has 0 fully saturated rings. The summed E-state index contributed by atoms with van der Waals surface area (Å²) < 4.78 is 10.5. The van der Waals surface area contributed by atoms with Crippen LogP contribution in [0.5, 0.6) is 11.5 Å². The standard InChI is InChI=1S/C15H13ClN2O2/c1-9-4-14(18-15(16)13(9)8-17)10-5-11(19-2)7-12(6-10)20-3/h4-7H,1-3H3. The van der Waals surface area contributed by atoms with E-state index in [0.717, 1.165) is 11.1 Å².